The molecule has 0 amide bonds. The van der Waals surface area contributed by atoms with Crippen LogP contribution in [0, 0.1) is 12.3 Å². The first-order valence-corrected chi connectivity index (χ1v) is 6.55. The Bertz CT molecular complexity index is 384. The molecule has 1 aromatic rings. The molecule has 0 bridgehead atoms. The fourth-order valence-corrected chi connectivity index (χ4v) is 2.63. The molecular weight excluding hydrogens is 206 g/mol. The van der Waals surface area contributed by atoms with Gasteiger partial charge in [0.25, 0.3) is 0 Å². The average molecular weight is 227 g/mol. The van der Waals surface area contributed by atoms with E-state index in [1.807, 2.05) is 18.2 Å². The second-order valence-electron chi connectivity index (χ2n) is 5.11. The Morgan fingerprint density at radius 1 is 1.18 bits per heavy atom. The molecule has 1 heteroatoms. The van der Waals surface area contributed by atoms with E-state index < -0.39 is 0 Å². The van der Waals surface area contributed by atoms with Gasteiger partial charge in [-0.2, -0.15) is 0 Å². The Kier molecular flexibility index (Phi) is 3.86. The highest BCUT2D eigenvalue weighted by Gasteiger charge is 2.27. The first kappa shape index (κ1) is 12.2. The van der Waals surface area contributed by atoms with Gasteiger partial charge in [0.05, 0.1) is 0 Å². The van der Waals surface area contributed by atoms with Crippen LogP contribution in [0.5, 0.6) is 0 Å². The predicted molar refractivity (Wildman–Crippen MR) is 72.6 cm³/mol. The van der Waals surface area contributed by atoms with Gasteiger partial charge in [-0.15, -0.1) is 6.42 Å². The van der Waals surface area contributed by atoms with Gasteiger partial charge in [0, 0.05) is 6.04 Å². The summed E-state index contributed by atoms with van der Waals surface area (Å²) in [7, 11) is 0. The second kappa shape index (κ2) is 5.38. The lowest BCUT2D eigenvalue weighted by atomic mass is 9.88. The van der Waals surface area contributed by atoms with Crippen LogP contribution in [0.25, 0.3) is 0 Å². The van der Waals surface area contributed by atoms with Crippen molar-refractivity contribution in [2.24, 2.45) is 0 Å². The smallest absolute Gasteiger partial charge is 0.103 e. The molecule has 1 atom stereocenters. The Balaban J connectivity index is 2.12. The molecule has 1 N–H and O–H groups in total. The largest absolute Gasteiger partial charge is 0.295 e. The number of hydrogen-bond donors (Lipinski definition) is 1. The highest BCUT2D eigenvalue weighted by Crippen LogP contribution is 2.25. The molecule has 1 unspecified atom stereocenters. The molecule has 0 heterocycles. The van der Waals surface area contributed by atoms with Crippen molar-refractivity contribution in [1.82, 2.24) is 5.32 Å². The van der Waals surface area contributed by atoms with Gasteiger partial charge in [-0.25, -0.2) is 0 Å². The van der Waals surface area contributed by atoms with Crippen LogP contribution in [-0.2, 0) is 5.54 Å². The summed E-state index contributed by atoms with van der Waals surface area (Å²) in [5.74, 6) is 2.93. The van der Waals surface area contributed by atoms with Crippen LogP contribution in [0.3, 0.4) is 0 Å². The van der Waals surface area contributed by atoms with Gasteiger partial charge in [0.15, 0.2) is 0 Å². The Labute approximate surface area is 105 Å². The molecule has 0 radical (unpaired) electrons. The van der Waals surface area contributed by atoms with E-state index in [-0.39, 0.29) is 5.54 Å². The molecule has 0 aromatic heterocycles. The highest BCUT2D eigenvalue weighted by atomic mass is 15.0. The van der Waals surface area contributed by atoms with Crippen molar-refractivity contribution in [2.75, 3.05) is 0 Å². The van der Waals surface area contributed by atoms with Crippen LogP contribution < -0.4 is 5.32 Å². The van der Waals surface area contributed by atoms with Crippen LogP contribution >= 0.6 is 0 Å². The Morgan fingerprint density at radius 2 is 1.82 bits per heavy atom. The van der Waals surface area contributed by atoms with Gasteiger partial charge in [0.1, 0.15) is 5.54 Å². The maximum Gasteiger partial charge on any atom is 0.103 e. The van der Waals surface area contributed by atoms with E-state index in [0.717, 1.165) is 0 Å². The molecule has 0 aliphatic heterocycles. The summed E-state index contributed by atoms with van der Waals surface area (Å²) in [6.45, 7) is 2.11. The van der Waals surface area contributed by atoms with Crippen molar-refractivity contribution in [3.63, 3.8) is 0 Å². The van der Waals surface area contributed by atoms with E-state index in [1.54, 1.807) is 0 Å². The lowest BCUT2D eigenvalue weighted by molar-refractivity contribution is 0.312. The fraction of sp³-hybridized carbons (Fsp3) is 0.500. The third-order valence-electron chi connectivity index (χ3n) is 3.74. The molecule has 1 fully saturated rings. The zero-order valence-electron chi connectivity index (χ0n) is 10.6. The van der Waals surface area contributed by atoms with Crippen LogP contribution in [0.15, 0.2) is 30.3 Å². The number of benzene rings is 1. The van der Waals surface area contributed by atoms with Crippen molar-refractivity contribution >= 4 is 0 Å². The zero-order valence-corrected chi connectivity index (χ0v) is 10.6. The van der Waals surface area contributed by atoms with Crippen LogP contribution in [0.1, 0.15) is 44.6 Å². The second-order valence-corrected chi connectivity index (χ2v) is 5.11. The van der Waals surface area contributed by atoms with Crippen molar-refractivity contribution in [1.29, 1.82) is 0 Å². The average Bonchev–Trinajstić information content (AvgIpc) is 2.41. The van der Waals surface area contributed by atoms with Crippen LogP contribution in [0.4, 0.5) is 0 Å². The van der Waals surface area contributed by atoms with Gasteiger partial charge in [-0.3, -0.25) is 5.32 Å². The number of nitrogens with one attached hydrogen (secondary N) is 1. The zero-order chi connectivity index (χ0) is 12.1. The molecule has 1 nitrogen and oxygen atoms in total. The maximum atomic E-state index is 5.74. The van der Waals surface area contributed by atoms with Gasteiger partial charge in [0.2, 0.25) is 0 Å². The van der Waals surface area contributed by atoms with Gasteiger partial charge < -0.3 is 0 Å². The molecule has 0 saturated heterocycles. The van der Waals surface area contributed by atoms with E-state index in [0.29, 0.717) is 6.04 Å². The summed E-state index contributed by atoms with van der Waals surface area (Å²) >= 11 is 0. The molecule has 1 saturated carbocycles. The third-order valence-corrected chi connectivity index (χ3v) is 3.74. The summed E-state index contributed by atoms with van der Waals surface area (Å²) in [5, 5.41) is 3.66. The number of hydrogen-bond acceptors (Lipinski definition) is 1. The number of rotatable bonds is 3. The van der Waals surface area contributed by atoms with E-state index in [1.165, 1.54) is 37.7 Å². The first-order valence-electron chi connectivity index (χ1n) is 6.55. The molecule has 1 aliphatic rings. The molecule has 90 valence electrons. The standard InChI is InChI=1S/C16H21N/c1-3-16(2,14-10-6-4-7-11-14)17-15-12-8-5-9-13-15/h1,4,6-7,10-11,15,17H,5,8-9,12-13H2,2H3. The molecule has 0 spiro atoms. The predicted octanol–water partition coefficient (Wildman–Crippen LogP) is 3.46. The van der Waals surface area contributed by atoms with Crippen molar-refractivity contribution < 1.29 is 0 Å². The van der Waals surface area contributed by atoms with Gasteiger partial charge in [-0.1, -0.05) is 55.5 Å². The maximum absolute atomic E-state index is 5.74. The van der Waals surface area contributed by atoms with Crippen LogP contribution in [0.2, 0.25) is 0 Å². The minimum atomic E-state index is -0.330. The molecule has 1 aromatic carbocycles. The molecule has 2 rings (SSSR count). The summed E-state index contributed by atoms with van der Waals surface area (Å²) < 4.78 is 0. The van der Waals surface area contributed by atoms with E-state index in [9.17, 15) is 0 Å². The Hall–Kier alpha value is -1.26. The molecule has 17 heavy (non-hydrogen) atoms. The summed E-state index contributed by atoms with van der Waals surface area (Å²) in [6, 6.07) is 10.9. The SMILES string of the molecule is C#CC(C)(NC1CCCCC1)c1ccccc1. The summed E-state index contributed by atoms with van der Waals surface area (Å²) in [5.41, 5.74) is 0.858. The molecule has 1 aliphatic carbocycles. The van der Waals surface area contributed by atoms with Crippen LogP contribution in [-0.4, -0.2) is 6.04 Å². The number of terminal acetylenes is 1. The lowest BCUT2D eigenvalue weighted by Crippen LogP contribution is -2.45. The van der Waals surface area contributed by atoms with Gasteiger partial charge in [-0.05, 0) is 25.3 Å². The minimum absolute atomic E-state index is 0.330. The fourth-order valence-electron chi connectivity index (χ4n) is 2.63. The Morgan fingerprint density at radius 3 is 2.41 bits per heavy atom. The van der Waals surface area contributed by atoms with Crippen molar-refractivity contribution in [3.8, 4) is 12.3 Å². The summed E-state index contributed by atoms with van der Waals surface area (Å²) in [4.78, 5) is 0. The third kappa shape index (κ3) is 2.90. The van der Waals surface area contributed by atoms with Crippen molar-refractivity contribution in [3.05, 3.63) is 35.9 Å². The van der Waals surface area contributed by atoms with Gasteiger partial charge >= 0.3 is 0 Å². The lowest BCUT2D eigenvalue weighted by Gasteiger charge is -2.33. The van der Waals surface area contributed by atoms with E-state index in [2.05, 4.69) is 30.3 Å². The summed E-state index contributed by atoms with van der Waals surface area (Å²) in [6.07, 6.45) is 12.3. The van der Waals surface area contributed by atoms with E-state index in [4.69, 9.17) is 6.42 Å². The normalized spacial score (nSPS) is 20.5. The topological polar surface area (TPSA) is 12.0 Å². The monoisotopic (exact) mass is 227 g/mol. The van der Waals surface area contributed by atoms with Crippen molar-refractivity contribution in [2.45, 2.75) is 50.6 Å². The quantitative estimate of drug-likeness (QED) is 0.780. The minimum Gasteiger partial charge on any atom is -0.295 e. The molecular formula is C16H21N. The highest BCUT2D eigenvalue weighted by molar-refractivity contribution is 5.32. The first-order chi connectivity index (χ1) is 8.24. The van der Waals surface area contributed by atoms with E-state index >= 15 is 0 Å².